The van der Waals surface area contributed by atoms with E-state index in [9.17, 15) is 9.59 Å². The third-order valence-electron chi connectivity index (χ3n) is 6.64. The molecule has 0 spiro atoms. The number of imidazole rings is 1. The highest BCUT2D eigenvalue weighted by atomic mass is 35.5. The van der Waals surface area contributed by atoms with Gasteiger partial charge < -0.3 is 4.74 Å². The third-order valence-corrected chi connectivity index (χ3v) is 7.26. The average Bonchev–Trinajstić information content (AvgIpc) is 3.23. The smallest absolute Gasteiger partial charge is 0.332 e. The summed E-state index contributed by atoms with van der Waals surface area (Å²) >= 11 is 12.6. The number of fused-ring (bicyclic) bond motifs is 1. The van der Waals surface area contributed by atoms with Gasteiger partial charge in [0.15, 0.2) is 11.2 Å². The lowest BCUT2D eigenvalue weighted by Gasteiger charge is -2.26. The van der Waals surface area contributed by atoms with Crippen molar-refractivity contribution in [1.82, 2.24) is 23.6 Å². The van der Waals surface area contributed by atoms with Gasteiger partial charge in [-0.15, -0.1) is 0 Å². The minimum Gasteiger partial charge on any atom is -0.425 e. The quantitative estimate of drug-likeness (QED) is 0.367. The lowest BCUT2D eigenvalue weighted by atomic mass is 10.1. The molecule has 8 nitrogen and oxygen atoms in total. The van der Waals surface area contributed by atoms with Crippen molar-refractivity contribution in [2.24, 2.45) is 14.1 Å². The molecular formula is C26H27Cl2N5O3. The Bertz CT molecular complexity index is 1530. The van der Waals surface area contributed by atoms with E-state index < -0.39 is 11.2 Å². The zero-order valence-electron chi connectivity index (χ0n) is 20.2. The summed E-state index contributed by atoms with van der Waals surface area (Å²) < 4.78 is 10.4. The van der Waals surface area contributed by atoms with Gasteiger partial charge in [-0.3, -0.25) is 23.4 Å². The highest BCUT2D eigenvalue weighted by Crippen LogP contribution is 2.29. The average molecular weight is 528 g/mol. The van der Waals surface area contributed by atoms with Gasteiger partial charge in [-0.05, 0) is 67.4 Å². The number of aryl methyl sites for hydroxylation is 1. The first-order valence-electron chi connectivity index (χ1n) is 11.9. The van der Waals surface area contributed by atoms with Crippen LogP contribution in [0.15, 0.2) is 52.1 Å². The fourth-order valence-electron chi connectivity index (χ4n) is 4.62. The number of nitrogens with zero attached hydrogens (tertiary/aromatic N) is 5. The van der Waals surface area contributed by atoms with Gasteiger partial charge in [-0.25, -0.2) is 4.79 Å². The summed E-state index contributed by atoms with van der Waals surface area (Å²) in [6.45, 7) is 3.15. The molecule has 0 aliphatic carbocycles. The lowest BCUT2D eigenvalue weighted by molar-refractivity contribution is 0.221. The summed E-state index contributed by atoms with van der Waals surface area (Å²) in [5.74, 6) is 0.556. The molecule has 3 heterocycles. The first kappa shape index (κ1) is 24.6. The Morgan fingerprint density at radius 2 is 1.64 bits per heavy atom. The highest BCUT2D eigenvalue weighted by molar-refractivity contribution is 6.31. The molecule has 36 heavy (non-hydrogen) atoms. The first-order valence-corrected chi connectivity index (χ1v) is 12.7. The number of piperidine rings is 1. The maximum Gasteiger partial charge on any atom is 0.332 e. The number of hydrogen-bond donors (Lipinski definition) is 0. The van der Waals surface area contributed by atoms with E-state index in [1.165, 1.54) is 30.9 Å². The van der Waals surface area contributed by atoms with Crippen molar-refractivity contribution < 1.29 is 4.74 Å². The number of hydrogen-bond acceptors (Lipinski definition) is 5. The number of ether oxygens (including phenoxy) is 1. The van der Waals surface area contributed by atoms with Gasteiger partial charge in [0.1, 0.15) is 5.75 Å². The van der Waals surface area contributed by atoms with E-state index in [0.29, 0.717) is 22.3 Å². The summed E-state index contributed by atoms with van der Waals surface area (Å²) in [5.41, 5.74) is 1.53. The molecule has 0 unspecified atom stereocenters. The van der Waals surface area contributed by atoms with Crippen LogP contribution in [-0.4, -0.2) is 36.7 Å². The van der Waals surface area contributed by atoms with Crippen LogP contribution in [-0.2, 0) is 27.2 Å². The maximum absolute atomic E-state index is 13.1. The van der Waals surface area contributed by atoms with Crippen LogP contribution in [0.2, 0.25) is 10.0 Å². The molecule has 2 aromatic heterocycles. The molecule has 0 bridgehead atoms. The van der Waals surface area contributed by atoms with E-state index in [2.05, 4.69) is 9.88 Å². The molecule has 1 aliphatic rings. The fourth-order valence-corrected chi connectivity index (χ4v) is 4.93. The summed E-state index contributed by atoms with van der Waals surface area (Å²) in [6.07, 6.45) is 3.64. The van der Waals surface area contributed by atoms with Crippen molar-refractivity contribution in [1.29, 1.82) is 0 Å². The fraction of sp³-hybridized carbons (Fsp3) is 0.346. The monoisotopic (exact) mass is 527 g/mol. The Morgan fingerprint density at radius 3 is 2.36 bits per heavy atom. The second kappa shape index (κ2) is 10.1. The Balaban J connectivity index is 1.57. The predicted octanol–water partition coefficient (Wildman–Crippen LogP) is 4.57. The van der Waals surface area contributed by atoms with E-state index in [1.54, 1.807) is 29.8 Å². The molecular weight excluding hydrogens is 501 g/mol. The molecule has 1 fully saturated rings. The van der Waals surface area contributed by atoms with Crippen LogP contribution < -0.4 is 16.0 Å². The van der Waals surface area contributed by atoms with Crippen LogP contribution in [0.3, 0.4) is 0 Å². The first-order chi connectivity index (χ1) is 17.3. The molecule has 1 aliphatic heterocycles. The van der Waals surface area contributed by atoms with Crippen molar-refractivity contribution in [3.8, 4) is 11.8 Å². The van der Waals surface area contributed by atoms with Crippen molar-refractivity contribution in [2.75, 3.05) is 13.1 Å². The van der Waals surface area contributed by atoms with Gasteiger partial charge in [0.25, 0.3) is 5.56 Å². The lowest BCUT2D eigenvalue weighted by Crippen LogP contribution is -2.37. The van der Waals surface area contributed by atoms with E-state index in [4.69, 9.17) is 27.9 Å². The summed E-state index contributed by atoms with van der Waals surface area (Å²) in [6, 6.07) is 13.1. The number of benzene rings is 2. The SMILES string of the molecule is Cn1c(=O)c2c(nc(Oc3ccc(Cl)c(CN4CCCCC4)c3)n2Cc2ccc(Cl)cc2)n(C)c1=O. The van der Waals surface area contributed by atoms with Gasteiger partial charge in [-0.1, -0.05) is 41.8 Å². The van der Waals surface area contributed by atoms with Gasteiger partial charge in [-0.2, -0.15) is 4.98 Å². The minimum atomic E-state index is -0.453. The molecule has 188 valence electrons. The Kier molecular flexibility index (Phi) is 6.92. The number of rotatable bonds is 6. The Labute approximate surface area is 218 Å². The zero-order chi connectivity index (χ0) is 25.4. The molecule has 1 saturated heterocycles. The summed E-state index contributed by atoms with van der Waals surface area (Å²) in [5, 5.41) is 1.30. The second-order valence-corrected chi connectivity index (χ2v) is 10.0. The Morgan fingerprint density at radius 1 is 0.917 bits per heavy atom. The molecule has 2 aromatic carbocycles. The number of likely N-dealkylation sites (tertiary alicyclic amines) is 1. The van der Waals surface area contributed by atoms with E-state index in [0.717, 1.165) is 35.3 Å². The molecule has 0 N–H and O–H groups in total. The molecule has 5 rings (SSSR count). The highest BCUT2D eigenvalue weighted by Gasteiger charge is 2.21. The van der Waals surface area contributed by atoms with Crippen LogP contribution in [0.5, 0.6) is 11.8 Å². The van der Waals surface area contributed by atoms with Crippen LogP contribution >= 0.6 is 23.2 Å². The molecule has 0 amide bonds. The third kappa shape index (κ3) is 4.81. The largest absolute Gasteiger partial charge is 0.425 e. The maximum atomic E-state index is 13.1. The zero-order valence-corrected chi connectivity index (χ0v) is 21.7. The van der Waals surface area contributed by atoms with Gasteiger partial charge in [0.2, 0.25) is 0 Å². The minimum absolute atomic E-state index is 0.212. The van der Waals surface area contributed by atoms with E-state index in [1.807, 2.05) is 24.3 Å². The Hall–Kier alpha value is -3.07. The number of halogens is 2. The molecule has 0 atom stereocenters. The predicted molar refractivity (Wildman–Crippen MR) is 141 cm³/mol. The van der Waals surface area contributed by atoms with Gasteiger partial charge >= 0.3 is 11.7 Å². The van der Waals surface area contributed by atoms with Crippen LogP contribution in [0.1, 0.15) is 30.4 Å². The summed E-state index contributed by atoms with van der Waals surface area (Å²) in [4.78, 5) is 32.7. The normalized spacial score (nSPS) is 14.4. The van der Waals surface area contributed by atoms with E-state index >= 15 is 0 Å². The number of aromatic nitrogens is 4. The van der Waals surface area contributed by atoms with Gasteiger partial charge in [0.05, 0.1) is 6.54 Å². The standard InChI is InChI=1S/C26H27Cl2N5O3/c1-30-23-22(24(34)31(2)26(30)35)33(15-17-6-8-19(27)9-7-17)25(29-23)36-20-10-11-21(28)18(14-20)16-32-12-4-3-5-13-32/h6-11,14H,3-5,12-13,15-16H2,1-2H3. The van der Waals surface area contributed by atoms with Crippen LogP contribution in [0.25, 0.3) is 11.2 Å². The summed E-state index contributed by atoms with van der Waals surface area (Å²) in [7, 11) is 3.04. The topological polar surface area (TPSA) is 74.3 Å². The molecule has 4 aromatic rings. The molecule has 0 saturated carbocycles. The molecule has 0 radical (unpaired) electrons. The second-order valence-electron chi connectivity index (χ2n) is 9.18. The van der Waals surface area contributed by atoms with Crippen LogP contribution in [0.4, 0.5) is 0 Å². The van der Waals surface area contributed by atoms with Crippen molar-refractivity contribution in [2.45, 2.75) is 32.4 Å². The van der Waals surface area contributed by atoms with Crippen molar-refractivity contribution >= 4 is 34.4 Å². The van der Waals surface area contributed by atoms with Gasteiger partial charge in [0, 0.05) is 30.7 Å². The van der Waals surface area contributed by atoms with Crippen molar-refractivity contribution in [3.63, 3.8) is 0 Å². The van der Waals surface area contributed by atoms with Crippen molar-refractivity contribution in [3.05, 3.63) is 84.5 Å². The van der Waals surface area contributed by atoms with Crippen LogP contribution in [0, 0.1) is 0 Å². The molecule has 10 heteroatoms. The van der Waals surface area contributed by atoms with E-state index in [-0.39, 0.29) is 17.2 Å².